The highest BCUT2D eigenvalue weighted by atomic mass is 16.7. The number of fused-ring (bicyclic) bond motifs is 2. The summed E-state index contributed by atoms with van der Waals surface area (Å²) in [5.41, 5.74) is 6.08. The van der Waals surface area contributed by atoms with Crippen molar-refractivity contribution in [2.45, 2.75) is 32.2 Å². The maximum Gasteiger partial charge on any atom is 0.407 e. The van der Waals surface area contributed by atoms with Crippen molar-refractivity contribution in [2.75, 3.05) is 26.3 Å². The van der Waals surface area contributed by atoms with Gasteiger partial charge >= 0.3 is 6.09 Å². The summed E-state index contributed by atoms with van der Waals surface area (Å²) in [4.78, 5) is 17.5. The molecule has 2 fully saturated rings. The van der Waals surface area contributed by atoms with Crippen LogP contribution in [0.1, 0.15) is 42.1 Å². The van der Waals surface area contributed by atoms with Gasteiger partial charge in [-0.3, -0.25) is 4.98 Å². The van der Waals surface area contributed by atoms with E-state index in [1.54, 1.807) is 6.20 Å². The monoisotopic (exact) mass is 408 g/mol. The lowest BCUT2D eigenvalue weighted by Crippen LogP contribution is -2.35. The fourth-order valence-corrected chi connectivity index (χ4v) is 4.45. The Hall–Kier alpha value is -2.90. The summed E-state index contributed by atoms with van der Waals surface area (Å²) in [7, 11) is 0. The third kappa shape index (κ3) is 3.24. The molecule has 156 valence electrons. The molecule has 1 amide bonds. The summed E-state index contributed by atoms with van der Waals surface area (Å²) in [5, 5.41) is 9.33. The highest BCUT2D eigenvalue weighted by molar-refractivity contribution is 5.86. The van der Waals surface area contributed by atoms with E-state index in [0.717, 1.165) is 33.7 Å². The van der Waals surface area contributed by atoms with Crippen LogP contribution in [0.4, 0.5) is 4.79 Å². The molecule has 7 heteroatoms. The minimum absolute atomic E-state index is 0.442. The smallest absolute Gasteiger partial charge is 0.407 e. The largest absolute Gasteiger partial charge is 0.488 e. The summed E-state index contributed by atoms with van der Waals surface area (Å²) in [6, 6.07) is 9.99. The molecule has 3 aliphatic rings. The molecule has 30 heavy (non-hydrogen) atoms. The van der Waals surface area contributed by atoms with Crippen LogP contribution in [0.2, 0.25) is 0 Å². The average molecular weight is 408 g/mol. The lowest BCUT2D eigenvalue weighted by Gasteiger charge is -2.28. The van der Waals surface area contributed by atoms with Crippen molar-refractivity contribution in [3.63, 3.8) is 0 Å². The molecule has 2 saturated heterocycles. The van der Waals surface area contributed by atoms with Crippen molar-refractivity contribution in [3.05, 3.63) is 64.5 Å². The van der Waals surface area contributed by atoms with Gasteiger partial charge in [0, 0.05) is 41.5 Å². The molecule has 0 aliphatic carbocycles. The maximum atomic E-state index is 11.4. The van der Waals surface area contributed by atoms with Gasteiger partial charge in [-0.2, -0.15) is 0 Å². The predicted octanol–water partition coefficient (Wildman–Crippen LogP) is 3.77. The summed E-state index contributed by atoms with van der Waals surface area (Å²) in [6.45, 7) is 4.47. The van der Waals surface area contributed by atoms with Gasteiger partial charge in [-0.1, -0.05) is 11.6 Å². The maximum absolute atomic E-state index is 11.4. The number of amides is 1. The van der Waals surface area contributed by atoms with E-state index in [-0.39, 0.29) is 0 Å². The van der Waals surface area contributed by atoms with Crippen LogP contribution < -0.4 is 4.74 Å². The first-order valence-electron chi connectivity index (χ1n) is 10.2. The van der Waals surface area contributed by atoms with Gasteiger partial charge in [-0.25, -0.2) is 4.79 Å². The molecule has 0 unspecified atom stereocenters. The van der Waals surface area contributed by atoms with Gasteiger partial charge in [0.15, 0.2) is 5.79 Å². The first kappa shape index (κ1) is 19.1. The van der Waals surface area contributed by atoms with Gasteiger partial charge in [0.1, 0.15) is 12.4 Å². The zero-order valence-corrected chi connectivity index (χ0v) is 16.9. The van der Waals surface area contributed by atoms with Crippen LogP contribution in [0, 0.1) is 0 Å². The van der Waals surface area contributed by atoms with Gasteiger partial charge in [0.05, 0.1) is 18.9 Å². The zero-order chi connectivity index (χ0) is 20.7. The molecule has 4 heterocycles. The highest BCUT2D eigenvalue weighted by Crippen LogP contribution is 2.42. The first-order chi connectivity index (χ1) is 14.5. The minimum Gasteiger partial charge on any atom is -0.488 e. The number of hydrogen-bond donors (Lipinski definition) is 1. The summed E-state index contributed by atoms with van der Waals surface area (Å²) in [5.74, 6) is 0.0120. The topological polar surface area (TPSA) is 81.1 Å². The van der Waals surface area contributed by atoms with Crippen LogP contribution in [0.3, 0.4) is 0 Å². The summed E-state index contributed by atoms with van der Waals surface area (Å²) < 4.78 is 17.9. The number of nitrogens with zero attached hydrogens (tertiary/aromatic N) is 2. The molecular weight excluding hydrogens is 384 g/mol. The van der Waals surface area contributed by atoms with E-state index in [2.05, 4.69) is 6.07 Å². The molecule has 0 saturated carbocycles. The number of aromatic nitrogens is 1. The van der Waals surface area contributed by atoms with Gasteiger partial charge in [-0.05, 0) is 44.0 Å². The van der Waals surface area contributed by atoms with Crippen LogP contribution in [0.5, 0.6) is 5.75 Å². The Labute approximate surface area is 174 Å². The molecule has 0 radical (unpaired) electrons. The van der Waals surface area contributed by atoms with Gasteiger partial charge in [-0.15, -0.1) is 0 Å². The zero-order valence-electron chi connectivity index (χ0n) is 16.9. The molecule has 3 aliphatic heterocycles. The number of pyridine rings is 1. The number of carboxylic acid groups (broad SMARTS) is 1. The Balaban J connectivity index is 1.65. The van der Waals surface area contributed by atoms with Crippen LogP contribution >= 0.6 is 0 Å². The van der Waals surface area contributed by atoms with Crippen LogP contribution in [-0.2, 0) is 21.9 Å². The van der Waals surface area contributed by atoms with Crippen molar-refractivity contribution in [1.82, 2.24) is 9.88 Å². The number of benzene rings is 1. The molecule has 5 rings (SSSR count). The van der Waals surface area contributed by atoms with E-state index in [4.69, 9.17) is 19.2 Å². The van der Waals surface area contributed by atoms with E-state index in [1.807, 2.05) is 31.2 Å². The third-order valence-corrected chi connectivity index (χ3v) is 6.11. The van der Waals surface area contributed by atoms with Gasteiger partial charge in [0.25, 0.3) is 0 Å². The molecular formula is C23H24N2O5. The quantitative estimate of drug-likeness (QED) is 0.774. The van der Waals surface area contributed by atoms with Crippen LogP contribution in [0.15, 0.2) is 42.1 Å². The van der Waals surface area contributed by atoms with Crippen molar-refractivity contribution in [3.8, 4) is 5.75 Å². The standard InChI is InChI=1S/C23H24N2O5/c1-23(29-11-12-30-23)17-4-5-19-18(13-17)20(15-6-9-25(10-7-15)22(26)27)21-16(14-28-19)3-2-8-24-21/h2-5,8,13H,6-7,9-12,14H2,1H3,(H,26,27). The fourth-order valence-electron chi connectivity index (χ4n) is 4.45. The summed E-state index contributed by atoms with van der Waals surface area (Å²) in [6.07, 6.45) is 2.27. The van der Waals surface area contributed by atoms with Gasteiger partial charge < -0.3 is 24.2 Å². The van der Waals surface area contributed by atoms with E-state index in [1.165, 1.54) is 10.5 Å². The van der Waals surface area contributed by atoms with E-state index >= 15 is 0 Å². The Morgan fingerprint density at radius 2 is 1.93 bits per heavy atom. The molecule has 0 atom stereocenters. The van der Waals surface area contributed by atoms with Crippen molar-refractivity contribution >= 4 is 11.7 Å². The summed E-state index contributed by atoms with van der Waals surface area (Å²) >= 11 is 0. The fraction of sp³-hybridized carbons (Fsp3) is 0.391. The first-order valence-corrected chi connectivity index (χ1v) is 10.2. The molecule has 1 aromatic heterocycles. The Morgan fingerprint density at radius 1 is 1.17 bits per heavy atom. The second-order valence-corrected chi connectivity index (χ2v) is 7.90. The average Bonchev–Trinajstić information content (AvgIpc) is 3.14. The highest BCUT2D eigenvalue weighted by Gasteiger charge is 2.35. The minimum atomic E-state index is -0.868. The number of hydrogen-bond acceptors (Lipinski definition) is 5. The number of ether oxygens (including phenoxy) is 3. The Bertz CT molecular complexity index is 1020. The van der Waals surface area contributed by atoms with Crippen molar-refractivity contribution in [1.29, 1.82) is 0 Å². The molecule has 2 aromatic rings. The molecule has 0 bridgehead atoms. The lowest BCUT2D eigenvalue weighted by atomic mass is 9.88. The second kappa shape index (κ2) is 7.41. The molecule has 7 nitrogen and oxygen atoms in total. The number of likely N-dealkylation sites (tertiary alicyclic amines) is 1. The van der Waals surface area contributed by atoms with E-state index in [9.17, 15) is 9.90 Å². The normalized spacial score (nSPS) is 20.2. The van der Waals surface area contributed by atoms with Crippen molar-refractivity contribution in [2.24, 2.45) is 0 Å². The number of piperidine rings is 1. The number of carbonyl (C=O) groups is 1. The van der Waals surface area contributed by atoms with E-state index < -0.39 is 11.9 Å². The second-order valence-electron chi connectivity index (χ2n) is 7.90. The molecule has 1 N–H and O–H groups in total. The Kier molecular flexibility index (Phi) is 4.72. The Morgan fingerprint density at radius 3 is 2.67 bits per heavy atom. The van der Waals surface area contributed by atoms with Crippen molar-refractivity contribution < 1.29 is 24.1 Å². The molecule has 1 aromatic carbocycles. The van der Waals surface area contributed by atoms with Crippen LogP contribution in [-0.4, -0.2) is 47.4 Å². The van der Waals surface area contributed by atoms with E-state index in [0.29, 0.717) is 45.8 Å². The predicted molar refractivity (Wildman–Crippen MR) is 109 cm³/mol. The van der Waals surface area contributed by atoms with Crippen LogP contribution in [0.25, 0.3) is 5.57 Å². The molecule has 0 spiro atoms. The van der Waals surface area contributed by atoms with Gasteiger partial charge in [0.2, 0.25) is 0 Å². The third-order valence-electron chi connectivity index (χ3n) is 6.11. The lowest BCUT2D eigenvalue weighted by molar-refractivity contribution is -0.149. The SMILES string of the molecule is CC1(c2ccc3c(c2)C(=C2CCN(C(=O)O)CC2)c2ncccc2CO3)OCCO1. The number of rotatable bonds is 1.